The molecule has 0 aliphatic carbocycles. The number of hydrogen-bond acceptors (Lipinski definition) is 3. The fourth-order valence-electron chi connectivity index (χ4n) is 3.35. The maximum atomic E-state index is 3.45. The molecule has 0 amide bonds. The number of benzene rings is 1. The van der Waals surface area contributed by atoms with Crippen LogP contribution >= 0.6 is 0 Å². The van der Waals surface area contributed by atoms with Crippen LogP contribution in [-0.4, -0.2) is 44.7 Å². The second-order valence-corrected chi connectivity index (χ2v) is 5.97. The molecule has 0 radical (unpaired) electrons. The highest BCUT2D eigenvalue weighted by atomic mass is 15.2. The molecule has 0 aromatic heterocycles. The van der Waals surface area contributed by atoms with Crippen molar-refractivity contribution in [2.75, 3.05) is 38.6 Å². The molecule has 1 aliphatic heterocycles. The number of nitrogens with one attached hydrogen (secondary N) is 1. The molecule has 0 spiro atoms. The molecule has 1 heterocycles. The average molecular weight is 275 g/mol. The standard InChI is InChI=1S/C17H29N3/c1-5-16(18-3)15-9-6-7-10-17(15)20-12-8-11-19(4)13-14(20)2/h6-7,9-10,14,16,18H,5,8,11-13H2,1-4H3. The summed E-state index contributed by atoms with van der Waals surface area (Å²) in [4.78, 5) is 5.04. The molecule has 1 aromatic carbocycles. The second kappa shape index (κ2) is 7.09. The molecular formula is C17H29N3. The van der Waals surface area contributed by atoms with Crippen molar-refractivity contribution < 1.29 is 0 Å². The molecule has 0 bridgehead atoms. The quantitative estimate of drug-likeness (QED) is 0.911. The van der Waals surface area contributed by atoms with E-state index in [0.717, 1.165) is 19.5 Å². The van der Waals surface area contributed by atoms with Gasteiger partial charge in [0, 0.05) is 30.9 Å². The van der Waals surface area contributed by atoms with Crippen molar-refractivity contribution in [2.45, 2.75) is 38.8 Å². The predicted octanol–water partition coefficient (Wildman–Crippen LogP) is 2.89. The first kappa shape index (κ1) is 15.3. The number of likely N-dealkylation sites (N-methyl/N-ethyl adjacent to an activating group) is 1. The van der Waals surface area contributed by atoms with E-state index in [0.29, 0.717) is 12.1 Å². The van der Waals surface area contributed by atoms with Gasteiger partial charge in [-0.1, -0.05) is 25.1 Å². The Kier molecular flexibility index (Phi) is 5.44. The predicted molar refractivity (Wildman–Crippen MR) is 87.5 cm³/mol. The number of para-hydroxylation sites is 1. The zero-order valence-electron chi connectivity index (χ0n) is 13.4. The molecule has 1 saturated heterocycles. The van der Waals surface area contributed by atoms with E-state index in [9.17, 15) is 0 Å². The fraction of sp³-hybridized carbons (Fsp3) is 0.647. The minimum Gasteiger partial charge on any atom is -0.367 e. The molecule has 2 atom stereocenters. The van der Waals surface area contributed by atoms with Crippen molar-refractivity contribution in [1.82, 2.24) is 10.2 Å². The molecule has 1 fully saturated rings. The zero-order valence-corrected chi connectivity index (χ0v) is 13.4. The number of hydrogen-bond donors (Lipinski definition) is 1. The van der Waals surface area contributed by atoms with E-state index >= 15 is 0 Å². The monoisotopic (exact) mass is 275 g/mol. The molecule has 3 heteroatoms. The lowest BCUT2D eigenvalue weighted by Gasteiger charge is -2.33. The summed E-state index contributed by atoms with van der Waals surface area (Å²) in [7, 11) is 4.29. The Morgan fingerprint density at radius 2 is 2.05 bits per heavy atom. The van der Waals surface area contributed by atoms with E-state index in [1.807, 2.05) is 0 Å². The lowest BCUT2D eigenvalue weighted by molar-refractivity contribution is 0.337. The molecule has 20 heavy (non-hydrogen) atoms. The molecule has 2 rings (SSSR count). The van der Waals surface area contributed by atoms with E-state index < -0.39 is 0 Å². The number of anilines is 1. The van der Waals surface area contributed by atoms with Crippen LogP contribution in [0.4, 0.5) is 5.69 Å². The highest BCUT2D eigenvalue weighted by Crippen LogP contribution is 2.30. The lowest BCUT2D eigenvalue weighted by Crippen LogP contribution is -2.38. The van der Waals surface area contributed by atoms with Crippen molar-refractivity contribution in [3.63, 3.8) is 0 Å². The van der Waals surface area contributed by atoms with Gasteiger partial charge in [-0.15, -0.1) is 0 Å². The first-order chi connectivity index (χ1) is 9.67. The zero-order chi connectivity index (χ0) is 14.5. The molecule has 1 N–H and O–H groups in total. The maximum absolute atomic E-state index is 3.45. The Hall–Kier alpha value is -1.06. The van der Waals surface area contributed by atoms with Gasteiger partial charge in [0.2, 0.25) is 0 Å². The third-order valence-corrected chi connectivity index (χ3v) is 4.43. The van der Waals surface area contributed by atoms with Gasteiger partial charge < -0.3 is 15.1 Å². The van der Waals surface area contributed by atoms with Crippen molar-refractivity contribution in [3.05, 3.63) is 29.8 Å². The van der Waals surface area contributed by atoms with Crippen LogP contribution in [0.3, 0.4) is 0 Å². The average Bonchev–Trinajstić information content (AvgIpc) is 2.61. The molecule has 3 nitrogen and oxygen atoms in total. The molecule has 0 saturated carbocycles. The minimum atomic E-state index is 0.444. The van der Waals surface area contributed by atoms with Gasteiger partial charge in [-0.25, -0.2) is 0 Å². The minimum absolute atomic E-state index is 0.444. The van der Waals surface area contributed by atoms with Crippen LogP contribution in [0.5, 0.6) is 0 Å². The third kappa shape index (κ3) is 3.33. The Bertz CT molecular complexity index is 414. The summed E-state index contributed by atoms with van der Waals surface area (Å²) in [5.41, 5.74) is 2.85. The van der Waals surface area contributed by atoms with Crippen molar-refractivity contribution in [1.29, 1.82) is 0 Å². The van der Waals surface area contributed by atoms with Crippen LogP contribution in [0.2, 0.25) is 0 Å². The van der Waals surface area contributed by atoms with Crippen LogP contribution in [0, 0.1) is 0 Å². The molecule has 112 valence electrons. The number of nitrogens with zero attached hydrogens (tertiary/aromatic N) is 2. The summed E-state index contributed by atoms with van der Waals surface area (Å²) in [6.07, 6.45) is 2.36. The summed E-state index contributed by atoms with van der Waals surface area (Å²) in [6.45, 7) is 8.09. The lowest BCUT2D eigenvalue weighted by atomic mass is 10.0. The fourth-order valence-corrected chi connectivity index (χ4v) is 3.35. The Morgan fingerprint density at radius 3 is 2.75 bits per heavy atom. The van der Waals surface area contributed by atoms with Crippen molar-refractivity contribution in [3.8, 4) is 0 Å². The summed E-state index contributed by atoms with van der Waals surface area (Å²) in [5.74, 6) is 0. The van der Waals surface area contributed by atoms with Crippen LogP contribution in [0.25, 0.3) is 0 Å². The summed E-state index contributed by atoms with van der Waals surface area (Å²) in [6, 6.07) is 9.91. The first-order valence-corrected chi connectivity index (χ1v) is 7.88. The maximum Gasteiger partial charge on any atom is 0.0417 e. The normalized spacial score (nSPS) is 22.6. The highest BCUT2D eigenvalue weighted by molar-refractivity contribution is 5.56. The van der Waals surface area contributed by atoms with E-state index in [2.05, 4.69) is 67.3 Å². The number of rotatable bonds is 4. The summed E-state index contributed by atoms with van der Waals surface area (Å²) < 4.78 is 0. The van der Waals surface area contributed by atoms with Crippen molar-refractivity contribution >= 4 is 5.69 Å². The van der Waals surface area contributed by atoms with E-state index in [-0.39, 0.29) is 0 Å². The van der Waals surface area contributed by atoms with Gasteiger partial charge in [-0.3, -0.25) is 0 Å². The highest BCUT2D eigenvalue weighted by Gasteiger charge is 2.23. The molecule has 2 unspecified atom stereocenters. The summed E-state index contributed by atoms with van der Waals surface area (Å²) >= 11 is 0. The van der Waals surface area contributed by atoms with E-state index in [4.69, 9.17) is 0 Å². The first-order valence-electron chi connectivity index (χ1n) is 7.88. The largest absolute Gasteiger partial charge is 0.367 e. The van der Waals surface area contributed by atoms with Gasteiger partial charge in [-0.05, 0) is 52.0 Å². The summed E-state index contributed by atoms with van der Waals surface area (Å²) in [5, 5.41) is 3.45. The van der Waals surface area contributed by atoms with E-state index in [1.165, 1.54) is 24.2 Å². The van der Waals surface area contributed by atoms with Crippen molar-refractivity contribution in [2.24, 2.45) is 0 Å². The SMILES string of the molecule is CCC(NC)c1ccccc1N1CCCN(C)CC1C. The topological polar surface area (TPSA) is 18.5 Å². The van der Waals surface area contributed by atoms with Crippen LogP contribution in [0.1, 0.15) is 38.3 Å². The van der Waals surface area contributed by atoms with Crippen LogP contribution < -0.4 is 10.2 Å². The third-order valence-electron chi connectivity index (χ3n) is 4.43. The van der Waals surface area contributed by atoms with E-state index in [1.54, 1.807) is 0 Å². The molecule has 1 aromatic rings. The second-order valence-electron chi connectivity index (χ2n) is 5.97. The van der Waals surface area contributed by atoms with Crippen LogP contribution in [-0.2, 0) is 0 Å². The molecular weight excluding hydrogens is 246 g/mol. The van der Waals surface area contributed by atoms with Gasteiger partial charge in [-0.2, -0.15) is 0 Å². The van der Waals surface area contributed by atoms with Gasteiger partial charge in [0.1, 0.15) is 0 Å². The molecule has 1 aliphatic rings. The van der Waals surface area contributed by atoms with Gasteiger partial charge in [0.25, 0.3) is 0 Å². The smallest absolute Gasteiger partial charge is 0.0417 e. The Balaban J connectivity index is 2.31. The van der Waals surface area contributed by atoms with Gasteiger partial charge in [0.15, 0.2) is 0 Å². The Morgan fingerprint density at radius 1 is 1.30 bits per heavy atom. The van der Waals surface area contributed by atoms with Gasteiger partial charge in [0.05, 0.1) is 0 Å². The van der Waals surface area contributed by atoms with Crippen LogP contribution in [0.15, 0.2) is 24.3 Å². The van der Waals surface area contributed by atoms with Gasteiger partial charge >= 0.3 is 0 Å². The Labute approximate surface area is 124 Å².